The molecule has 0 aliphatic rings. The maximum atomic E-state index is 11.0. The van der Waals surface area contributed by atoms with Gasteiger partial charge in [-0.25, -0.2) is 8.42 Å². The second-order valence-electron chi connectivity index (χ2n) is 2.46. The average molecular weight is 294 g/mol. The predicted octanol–water partition coefficient (Wildman–Crippen LogP) is 3.50. The van der Waals surface area contributed by atoms with Crippen molar-refractivity contribution >= 4 is 54.5 Å². The summed E-state index contributed by atoms with van der Waals surface area (Å²) in [5, 5.41) is 0.449. The van der Waals surface area contributed by atoms with Crippen molar-refractivity contribution in [2.75, 3.05) is 0 Å². The molecule has 0 aliphatic heterocycles. The molecule has 0 saturated carbocycles. The third kappa shape index (κ3) is 2.47. The van der Waals surface area contributed by atoms with Crippen molar-refractivity contribution in [2.45, 2.75) is 3.67 Å². The normalized spacial score (nSPS) is 12.9. The smallest absolute Gasteiger partial charge is 0.209 e. The van der Waals surface area contributed by atoms with E-state index >= 15 is 0 Å². The number of hydrogen-bond donors (Lipinski definition) is 0. The van der Waals surface area contributed by atoms with E-state index in [4.69, 9.17) is 45.5 Å². The highest BCUT2D eigenvalue weighted by atomic mass is 35.7. The summed E-state index contributed by atoms with van der Waals surface area (Å²) in [6.07, 6.45) is 0. The first-order valence-electron chi connectivity index (χ1n) is 3.33. The number of rotatable bonds is 2. The van der Waals surface area contributed by atoms with Crippen LogP contribution in [-0.4, -0.2) is 8.42 Å². The molecule has 7 heteroatoms. The molecule has 1 aromatic rings. The molecule has 0 bridgehead atoms. The van der Waals surface area contributed by atoms with E-state index in [0.29, 0.717) is 5.02 Å². The van der Waals surface area contributed by atoms with Crippen LogP contribution in [0.25, 0.3) is 0 Å². The van der Waals surface area contributed by atoms with Gasteiger partial charge in [0, 0.05) is 21.3 Å². The topological polar surface area (TPSA) is 34.1 Å². The molecular formula is C7H4Cl4O2S. The van der Waals surface area contributed by atoms with E-state index in [1.165, 1.54) is 24.3 Å². The van der Waals surface area contributed by atoms with Crippen LogP contribution in [-0.2, 0) is 12.7 Å². The lowest BCUT2D eigenvalue weighted by molar-refractivity contribution is 0.604. The molecule has 0 heterocycles. The second kappa shape index (κ2) is 4.06. The summed E-state index contributed by atoms with van der Waals surface area (Å²) in [6, 6.07) is 5.72. The molecule has 0 radical (unpaired) electrons. The van der Waals surface area contributed by atoms with E-state index in [9.17, 15) is 8.42 Å². The van der Waals surface area contributed by atoms with Crippen molar-refractivity contribution in [1.82, 2.24) is 0 Å². The predicted molar refractivity (Wildman–Crippen MR) is 59.6 cm³/mol. The fourth-order valence-electron chi connectivity index (χ4n) is 0.785. The zero-order valence-electron chi connectivity index (χ0n) is 6.55. The van der Waals surface area contributed by atoms with E-state index in [-0.39, 0.29) is 5.56 Å². The minimum absolute atomic E-state index is 0.153. The number of hydrogen-bond acceptors (Lipinski definition) is 2. The molecule has 0 aromatic heterocycles. The van der Waals surface area contributed by atoms with Crippen molar-refractivity contribution in [3.05, 3.63) is 34.9 Å². The van der Waals surface area contributed by atoms with Gasteiger partial charge in [-0.05, 0) is 12.1 Å². The van der Waals surface area contributed by atoms with Crippen molar-refractivity contribution in [3.63, 3.8) is 0 Å². The Balaban J connectivity index is 3.24. The first-order chi connectivity index (χ1) is 6.25. The molecule has 0 saturated heterocycles. The third-order valence-corrected chi connectivity index (χ3v) is 5.41. The van der Waals surface area contributed by atoms with Gasteiger partial charge < -0.3 is 0 Å². The van der Waals surface area contributed by atoms with Crippen LogP contribution in [0.2, 0.25) is 5.02 Å². The largest absolute Gasteiger partial charge is 0.270 e. The van der Waals surface area contributed by atoms with Crippen LogP contribution < -0.4 is 0 Å². The molecule has 1 aromatic carbocycles. The molecule has 0 aliphatic carbocycles. The Bertz CT molecular complexity index is 424. The quantitative estimate of drug-likeness (QED) is 0.618. The van der Waals surface area contributed by atoms with Gasteiger partial charge in [-0.2, -0.15) is 0 Å². The Kier molecular flexibility index (Phi) is 3.60. The minimum Gasteiger partial charge on any atom is -0.209 e. The lowest BCUT2D eigenvalue weighted by Crippen LogP contribution is -2.18. The van der Waals surface area contributed by atoms with Gasteiger partial charge in [0.2, 0.25) is 0 Å². The van der Waals surface area contributed by atoms with Crippen molar-refractivity contribution in [3.8, 4) is 0 Å². The van der Waals surface area contributed by atoms with Crippen LogP contribution in [0, 0.1) is 0 Å². The Hall–Kier alpha value is 0.330. The molecule has 78 valence electrons. The van der Waals surface area contributed by atoms with E-state index in [0.717, 1.165) is 0 Å². The summed E-state index contributed by atoms with van der Waals surface area (Å²) in [5.41, 5.74) is 0.153. The van der Waals surface area contributed by atoms with Crippen LogP contribution in [0.5, 0.6) is 0 Å². The highest BCUT2D eigenvalue weighted by Gasteiger charge is 2.40. The van der Waals surface area contributed by atoms with Gasteiger partial charge in [0.05, 0.1) is 0 Å². The van der Waals surface area contributed by atoms with Gasteiger partial charge in [0.25, 0.3) is 12.7 Å². The van der Waals surface area contributed by atoms with Crippen LogP contribution in [0.3, 0.4) is 0 Å². The van der Waals surface area contributed by atoms with Gasteiger partial charge in [-0.3, -0.25) is 0 Å². The van der Waals surface area contributed by atoms with E-state index in [1.54, 1.807) is 0 Å². The van der Waals surface area contributed by atoms with Crippen LogP contribution >= 0.6 is 45.5 Å². The summed E-state index contributed by atoms with van der Waals surface area (Å²) in [5.74, 6) is 0. The van der Waals surface area contributed by atoms with Gasteiger partial charge in [-0.1, -0.05) is 46.9 Å². The van der Waals surface area contributed by atoms with E-state index < -0.39 is 12.7 Å². The van der Waals surface area contributed by atoms with Gasteiger partial charge in [-0.15, -0.1) is 0 Å². The number of halogens is 4. The number of alkyl halides is 2. The molecule has 0 N–H and O–H groups in total. The summed E-state index contributed by atoms with van der Waals surface area (Å²) in [6.45, 7) is 0. The van der Waals surface area contributed by atoms with Gasteiger partial charge in [0.15, 0.2) is 0 Å². The second-order valence-corrected chi connectivity index (χ2v) is 7.38. The maximum Gasteiger partial charge on any atom is 0.270 e. The first kappa shape index (κ1) is 12.4. The molecule has 0 amide bonds. The first-order valence-corrected chi connectivity index (χ1v) is 6.77. The Labute approximate surface area is 101 Å². The van der Waals surface area contributed by atoms with Gasteiger partial charge >= 0.3 is 0 Å². The fraction of sp³-hybridized carbons (Fsp3) is 0.143. The molecule has 2 nitrogen and oxygen atoms in total. The minimum atomic E-state index is -4.11. The maximum absolute atomic E-state index is 11.0. The van der Waals surface area contributed by atoms with Crippen LogP contribution in [0.1, 0.15) is 5.56 Å². The van der Waals surface area contributed by atoms with Crippen LogP contribution in [0.4, 0.5) is 0 Å². The summed E-state index contributed by atoms with van der Waals surface area (Å²) < 4.78 is 19.9. The van der Waals surface area contributed by atoms with Gasteiger partial charge in [0.1, 0.15) is 0 Å². The highest BCUT2D eigenvalue weighted by Crippen LogP contribution is 2.41. The van der Waals surface area contributed by atoms with Crippen LogP contribution in [0.15, 0.2) is 24.3 Å². The molecule has 14 heavy (non-hydrogen) atoms. The summed E-state index contributed by atoms with van der Waals surface area (Å²) in [4.78, 5) is 0. The molecule has 0 unspecified atom stereocenters. The summed E-state index contributed by atoms with van der Waals surface area (Å²) in [7, 11) is 0.966. The average Bonchev–Trinajstić information content (AvgIpc) is 2.03. The molecular weight excluding hydrogens is 290 g/mol. The monoisotopic (exact) mass is 292 g/mol. The summed E-state index contributed by atoms with van der Waals surface area (Å²) >= 11 is 16.8. The van der Waals surface area contributed by atoms with E-state index in [2.05, 4.69) is 0 Å². The fourth-order valence-corrected chi connectivity index (χ4v) is 1.85. The third-order valence-electron chi connectivity index (χ3n) is 1.49. The van der Waals surface area contributed by atoms with Crippen molar-refractivity contribution < 1.29 is 8.42 Å². The Morgan fingerprint density at radius 1 is 1.07 bits per heavy atom. The lowest BCUT2D eigenvalue weighted by Gasteiger charge is -2.15. The van der Waals surface area contributed by atoms with E-state index in [1.807, 2.05) is 0 Å². The SMILES string of the molecule is O=S(=O)(Cl)C(Cl)(Cl)c1ccc(Cl)cc1. The van der Waals surface area contributed by atoms with Crippen molar-refractivity contribution in [2.24, 2.45) is 0 Å². The standard InChI is InChI=1S/C7H4Cl4O2S/c8-6-3-1-5(2-4-6)7(9,10)14(11,12)13/h1-4H. The zero-order valence-corrected chi connectivity index (χ0v) is 10.4. The number of benzene rings is 1. The molecule has 0 fully saturated rings. The Morgan fingerprint density at radius 2 is 1.50 bits per heavy atom. The zero-order chi connectivity index (χ0) is 11.0. The van der Waals surface area contributed by atoms with Crippen molar-refractivity contribution in [1.29, 1.82) is 0 Å². The molecule has 0 atom stereocenters. The Morgan fingerprint density at radius 3 is 1.86 bits per heavy atom. The lowest BCUT2D eigenvalue weighted by atomic mass is 10.2. The highest BCUT2D eigenvalue weighted by molar-refractivity contribution is 8.16. The molecule has 0 spiro atoms. The molecule has 1 rings (SSSR count).